The van der Waals surface area contributed by atoms with Crippen molar-refractivity contribution in [3.8, 4) is 0 Å². The van der Waals surface area contributed by atoms with E-state index in [4.69, 9.17) is 0 Å². The third-order valence-electron chi connectivity index (χ3n) is 6.47. The van der Waals surface area contributed by atoms with Gasteiger partial charge < -0.3 is 0 Å². The average Bonchev–Trinajstić information content (AvgIpc) is 2.70. The van der Waals surface area contributed by atoms with Gasteiger partial charge in [-0.05, 0) is 97.8 Å². The molecule has 3 atom stereocenters. The highest BCUT2D eigenvalue weighted by Gasteiger charge is 2.15. The maximum Gasteiger partial charge on any atom is 0.00330 e. The second-order valence-electron chi connectivity index (χ2n) is 10.4. The van der Waals surface area contributed by atoms with Crippen molar-refractivity contribution in [1.29, 1.82) is 0 Å². The van der Waals surface area contributed by atoms with Gasteiger partial charge in [0.2, 0.25) is 0 Å². The van der Waals surface area contributed by atoms with E-state index in [1.807, 2.05) is 0 Å². The van der Waals surface area contributed by atoms with Crippen molar-refractivity contribution in [2.24, 2.45) is 17.3 Å². The zero-order chi connectivity index (χ0) is 23.9. The van der Waals surface area contributed by atoms with Gasteiger partial charge in [0.25, 0.3) is 0 Å². The summed E-state index contributed by atoms with van der Waals surface area (Å²) in [5.41, 5.74) is 5.81. The molecule has 0 aliphatic rings. The van der Waals surface area contributed by atoms with Crippen LogP contribution in [-0.4, -0.2) is 0 Å². The minimum Gasteiger partial charge on any atom is -0.102 e. The Balaban J connectivity index is 4.46. The Morgan fingerprint density at radius 2 is 1.45 bits per heavy atom. The molecule has 0 saturated carbocycles. The van der Waals surface area contributed by atoms with Crippen molar-refractivity contribution in [2.45, 2.75) is 107 Å². The Kier molecular flexibility index (Phi) is 15.3. The van der Waals surface area contributed by atoms with E-state index in [-0.39, 0.29) is 5.41 Å². The van der Waals surface area contributed by atoms with Crippen LogP contribution in [0.15, 0.2) is 71.9 Å². The summed E-state index contributed by atoms with van der Waals surface area (Å²) in [7, 11) is 0. The van der Waals surface area contributed by atoms with Gasteiger partial charge in [0.15, 0.2) is 0 Å². The van der Waals surface area contributed by atoms with Gasteiger partial charge in [-0.1, -0.05) is 86.1 Å². The summed E-state index contributed by atoms with van der Waals surface area (Å²) in [5, 5.41) is 0. The van der Waals surface area contributed by atoms with Crippen molar-refractivity contribution >= 4 is 0 Å². The molecule has 0 heteroatoms. The summed E-state index contributed by atoms with van der Waals surface area (Å²) < 4.78 is 0. The van der Waals surface area contributed by atoms with Gasteiger partial charge in [0.05, 0.1) is 0 Å². The fourth-order valence-electron chi connectivity index (χ4n) is 3.44. The number of hydrogen-bond donors (Lipinski definition) is 0. The molecular formula is C31H52. The van der Waals surface area contributed by atoms with Crippen LogP contribution in [0, 0.1) is 17.3 Å². The highest BCUT2D eigenvalue weighted by atomic mass is 14.2. The van der Waals surface area contributed by atoms with Gasteiger partial charge >= 0.3 is 0 Å². The van der Waals surface area contributed by atoms with E-state index >= 15 is 0 Å². The number of rotatable bonds is 16. The first kappa shape index (κ1) is 29.4. The predicted molar refractivity (Wildman–Crippen MR) is 144 cm³/mol. The Bertz CT molecular complexity index is 648. The summed E-state index contributed by atoms with van der Waals surface area (Å²) >= 11 is 0. The summed E-state index contributed by atoms with van der Waals surface area (Å²) in [4.78, 5) is 0. The molecule has 176 valence electrons. The molecule has 0 aromatic rings. The molecule has 0 heterocycles. The first-order valence-corrected chi connectivity index (χ1v) is 12.4. The lowest BCUT2D eigenvalue weighted by Gasteiger charge is -2.21. The normalized spacial score (nSPS) is 16.6. The standard InChI is InChI=1S/C31H52/c1-11-31(10,23-14-19-27(6)16-12-15-25(2)3)24-22-29(8)18-13-17-28(7)20-21-30(9)26(4)5/h11,15,17,19,22,24,29-30H,1,4,12-14,16,18,20-21,23H2,2-3,5-10H3/b24-22+,27-19+,28-17+/t29-,30?,31?/m1/s1. The van der Waals surface area contributed by atoms with Gasteiger partial charge in [0, 0.05) is 5.41 Å². The third kappa shape index (κ3) is 15.8. The Hall–Kier alpha value is -1.56. The third-order valence-corrected chi connectivity index (χ3v) is 6.47. The summed E-state index contributed by atoms with van der Waals surface area (Å²) in [6, 6.07) is 0. The zero-order valence-corrected chi connectivity index (χ0v) is 22.2. The molecule has 0 fully saturated rings. The van der Waals surface area contributed by atoms with E-state index in [1.54, 1.807) is 0 Å². The molecule has 31 heavy (non-hydrogen) atoms. The topological polar surface area (TPSA) is 0 Å². The van der Waals surface area contributed by atoms with Crippen LogP contribution in [0.4, 0.5) is 0 Å². The predicted octanol–water partition coefficient (Wildman–Crippen LogP) is 10.6. The molecule has 0 N–H and O–H groups in total. The molecule has 0 bridgehead atoms. The molecule has 0 rings (SSSR count). The zero-order valence-electron chi connectivity index (χ0n) is 22.2. The maximum atomic E-state index is 4.11. The van der Waals surface area contributed by atoms with E-state index in [0.717, 1.165) is 25.7 Å². The molecule has 0 radical (unpaired) electrons. The maximum absolute atomic E-state index is 4.11. The molecule has 2 unspecified atom stereocenters. The lowest BCUT2D eigenvalue weighted by Crippen LogP contribution is -2.09. The molecule has 0 nitrogen and oxygen atoms in total. The lowest BCUT2D eigenvalue weighted by molar-refractivity contribution is 0.499. The fraction of sp³-hybridized carbons (Fsp3) is 0.613. The van der Waals surface area contributed by atoms with Crippen LogP contribution in [0.1, 0.15) is 107 Å². The van der Waals surface area contributed by atoms with Gasteiger partial charge in [-0.3, -0.25) is 0 Å². The average molecular weight is 425 g/mol. The first-order chi connectivity index (χ1) is 14.5. The van der Waals surface area contributed by atoms with Crippen LogP contribution < -0.4 is 0 Å². The van der Waals surface area contributed by atoms with Crippen LogP contribution in [0.3, 0.4) is 0 Å². The minimum atomic E-state index is 0.0788. The van der Waals surface area contributed by atoms with E-state index < -0.39 is 0 Å². The first-order valence-electron chi connectivity index (χ1n) is 12.4. The monoisotopic (exact) mass is 424 g/mol. The molecule has 0 aliphatic carbocycles. The van der Waals surface area contributed by atoms with Gasteiger partial charge in [-0.25, -0.2) is 0 Å². The Morgan fingerprint density at radius 1 is 0.839 bits per heavy atom. The smallest absolute Gasteiger partial charge is 0.00330 e. The minimum absolute atomic E-state index is 0.0788. The SMILES string of the molecule is C=CC(C)(/C=C/[C@H](C)CC/C=C(\C)CCC(C)C(=C)C)CC/C=C(\C)CCC=C(C)C. The van der Waals surface area contributed by atoms with Crippen molar-refractivity contribution in [2.75, 3.05) is 0 Å². The molecule has 0 aliphatic heterocycles. The van der Waals surface area contributed by atoms with Crippen LogP contribution in [0.5, 0.6) is 0 Å². The van der Waals surface area contributed by atoms with E-state index in [0.29, 0.717) is 11.8 Å². The Labute approximate surface area is 196 Å². The van der Waals surface area contributed by atoms with Crippen LogP contribution in [-0.2, 0) is 0 Å². The lowest BCUT2D eigenvalue weighted by atomic mass is 9.83. The molecule has 0 spiro atoms. The summed E-state index contributed by atoms with van der Waals surface area (Å²) in [6.45, 7) is 26.1. The van der Waals surface area contributed by atoms with Gasteiger partial charge in [-0.15, -0.1) is 6.58 Å². The molecule has 0 amide bonds. The largest absolute Gasteiger partial charge is 0.102 e. The highest BCUT2D eigenvalue weighted by molar-refractivity contribution is 5.10. The van der Waals surface area contributed by atoms with E-state index in [2.05, 4.69) is 105 Å². The van der Waals surface area contributed by atoms with Crippen molar-refractivity contribution in [3.63, 3.8) is 0 Å². The second kappa shape index (κ2) is 16.1. The van der Waals surface area contributed by atoms with E-state index in [1.165, 1.54) is 48.0 Å². The van der Waals surface area contributed by atoms with E-state index in [9.17, 15) is 0 Å². The quantitative estimate of drug-likeness (QED) is 0.216. The van der Waals surface area contributed by atoms with Crippen molar-refractivity contribution < 1.29 is 0 Å². The molecular weight excluding hydrogens is 372 g/mol. The molecule has 0 aromatic carbocycles. The number of allylic oxidation sites excluding steroid dienone is 10. The summed E-state index contributed by atoms with van der Waals surface area (Å²) in [5.74, 6) is 1.22. The van der Waals surface area contributed by atoms with Crippen molar-refractivity contribution in [1.82, 2.24) is 0 Å². The molecule has 0 saturated heterocycles. The van der Waals surface area contributed by atoms with Gasteiger partial charge in [-0.2, -0.15) is 0 Å². The van der Waals surface area contributed by atoms with Crippen molar-refractivity contribution in [3.05, 3.63) is 71.9 Å². The van der Waals surface area contributed by atoms with Crippen LogP contribution in [0.2, 0.25) is 0 Å². The summed E-state index contributed by atoms with van der Waals surface area (Å²) in [6.07, 6.45) is 23.4. The fourth-order valence-corrected chi connectivity index (χ4v) is 3.44. The second-order valence-corrected chi connectivity index (χ2v) is 10.4. The van der Waals surface area contributed by atoms with Gasteiger partial charge in [0.1, 0.15) is 0 Å². The highest BCUT2D eigenvalue weighted by Crippen LogP contribution is 2.28. The Morgan fingerprint density at radius 3 is 2.03 bits per heavy atom. The molecule has 0 aromatic heterocycles. The van der Waals surface area contributed by atoms with Crippen LogP contribution >= 0.6 is 0 Å². The number of hydrogen-bond acceptors (Lipinski definition) is 0. The van der Waals surface area contributed by atoms with Crippen LogP contribution in [0.25, 0.3) is 0 Å².